The van der Waals surface area contributed by atoms with Gasteiger partial charge < -0.3 is 15.8 Å². The average molecular weight is 234 g/mol. The summed E-state index contributed by atoms with van der Waals surface area (Å²) in [5.74, 6) is 0.362. The molecule has 4 nitrogen and oxygen atoms in total. The zero-order chi connectivity index (χ0) is 12.4. The van der Waals surface area contributed by atoms with Crippen LogP contribution in [-0.2, 0) is 4.74 Å². The molecule has 0 radical (unpaired) electrons. The molecular formula is C13H18N2O2. The van der Waals surface area contributed by atoms with Gasteiger partial charge in [0.25, 0.3) is 0 Å². The Bertz CT molecular complexity index is 427. The molecule has 1 fully saturated rings. The molecule has 1 saturated carbocycles. The maximum Gasteiger partial charge on any atom is 0.340 e. The molecule has 0 spiro atoms. The Balaban J connectivity index is 2.21. The summed E-state index contributed by atoms with van der Waals surface area (Å²) in [4.78, 5) is 11.6. The molecule has 1 unspecified atom stereocenters. The van der Waals surface area contributed by atoms with Crippen molar-refractivity contribution in [1.29, 1.82) is 0 Å². The molecule has 2 rings (SSSR count). The molecule has 0 aliphatic heterocycles. The molecule has 1 aliphatic rings. The normalized spacial score (nSPS) is 16.4. The number of rotatable bonds is 4. The van der Waals surface area contributed by atoms with Gasteiger partial charge in [0.2, 0.25) is 0 Å². The summed E-state index contributed by atoms with van der Waals surface area (Å²) in [7, 11) is 1.37. The number of nitrogens with two attached hydrogens (primary N) is 1. The topological polar surface area (TPSA) is 64.3 Å². The van der Waals surface area contributed by atoms with Gasteiger partial charge in [0.15, 0.2) is 0 Å². The highest BCUT2D eigenvalue weighted by Crippen LogP contribution is 2.34. The van der Waals surface area contributed by atoms with Crippen LogP contribution in [0.2, 0.25) is 0 Å². The molecule has 0 amide bonds. The van der Waals surface area contributed by atoms with E-state index in [1.165, 1.54) is 20.0 Å². The van der Waals surface area contributed by atoms with Crippen molar-refractivity contribution in [2.24, 2.45) is 5.92 Å². The van der Waals surface area contributed by atoms with E-state index in [2.05, 4.69) is 12.2 Å². The van der Waals surface area contributed by atoms with Crippen molar-refractivity contribution in [1.82, 2.24) is 0 Å². The summed E-state index contributed by atoms with van der Waals surface area (Å²) < 4.78 is 4.76. The van der Waals surface area contributed by atoms with E-state index in [1.54, 1.807) is 12.1 Å². The van der Waals surface area contributed by atoms with Crippen molar-refractivity contribution >= 4 is 17.3 Å². The van der Waals surface area contributed by atoms with Crippen LogP contribution in [0.3, 0.4) is 0 Å². The minimum Gasteiger partial charge on any atom is -0.465 e. The van der Waals surface area contributed by atoms with E-state index in [-0.39, 0.29) is 5.97 Å². The predicted octanol–water partition coefficient (Wildman–Crippen LogP) is 2.27. The molecule has 4 heteroatoms. The van der Waals surface area contributed by atoms with Gasteiger partial charge in [-0.25, -0.2) is 4.79 Å². The van der Waals surface area contributed by atoms with Crippen LogP contribution in [0.15, 0.2) is 18.2 Å². The maximum atomic E-state index is 11.6. The molecule has 0 heterocycles. The molecule has 1 aromatic rings. The van der Waals surface area contributed by atoms with Gasteiger partial charge in [0, 0.05) is 17.4 Å². The van der Waals surface area contributed by atoms with Crippen molar-refractivity contribution in [3.63, 3.8) is 0 Å². The molecule has 0 bridgehead atoms. The van der Waals surface area contributed by atoms with Crippen molar-refractivity contribution in [3.8, 4) is 0 Å². The van der Waals surface area contributed by atoms with Gasteiger partial charge in [-0.1, -0.05) is 0 Å². The SMILES string of the molecule is COC(=O)c1cc(N)ccc1NC(C)C1CC1. The van der Waals surface area contributed by atoms with Gasteiger partial charge >= 0.3 is 5.97 Å². The third-order valence-corrected chi connectivity index (χ3v) is 3.16. The van der Waals surface area contributed by atoms with Crippen LogP contribution in [0.5, 0.6) is 0 Å². The summed E-state index contributed by atoms with van der Waals surface area (Å²) in [6.07, 6.45) is 2.52. The van der Waals surface area contributed by atoms with Gasteiger partial charge in [-0.15, -0.1) is 0 Å². The highest BCUT2D eigenvalue weighted by Gasteiger charge is 2.28. The third-order valence-electron chi connectivity index (χ3n) is 3.16. The fraction of sp³-hybridized carbons (Fsp3) is 0.462. The molecule has 0 saturated heterocycles. The fourth-order valence-corrected chi connectivity index (χ4v) is 1.93. The number of anilines is 2. The van der Waals surface area contributed by atoms with Crippen molar-refractivity contribution in [2.45, 2.75) is 25.8 Å². The minimum absolute atomic E-state index is 0.359. The Kier molecular flexibility index (Phi) is 3.22. The summed E-state index contributed by atoms with van der Waals surface area (Å²) in [6.45, 7) is 2.13. The van der Waals surface area contributed by atoms with Crippen LogP contribution >= 0.6 is 0 Å². The first kappa shape index (κ1) is 11.8. The number of ether oxygens (including phenoxy) is 1. The summed E-state index contributed by atoms with van der Waals surface area (Å²) >= 11 is 0. The lowest BCUT2D eigenvalue weighted by Crippen LogP contribution is -2.19. The minimum atomic E-state index is -0.359. The first-order valence-corrected chi connectivity index (χ1v) is 5.86. The molecule has 1 aromatic carbocycles. The number of esters is 1. The number of carbonyl (C=O) groups excluding carboxylic acids is 1. The van der Waals surface area contributed by atoms with E-state index in [0.29, 0.717) is 17.3 Å². The Morgan fingerprint density at radius 3 is 2.82 bits per heavy atom. The Morgan fingerprint density at radius 2 is 2.24 bits per heavy atom. The smallest absolute Gasteiger partial charge is 0.340 e. The monoisotopic (exact) mass is 234 g/mol. The zero-order valence-electron chi connectivity index (χ0n) is 10.2. The molecule has 17 heavy (non-hydrogen) atoms. The molecule has 92 valence electrons. The number of carbonyl (C=O) groups is 1. The lowest BCUT2D eigenvalue weighted by molar-refractivity contribution is 0.0602. The number of methoxy groups -OCH3 is 1. The zero-order valence-corrected chi connectivity index (χ0v) is 10.2. The second-order valence-corrected chi connectivity index (χ2v) is 4.57. The number of benzene rings is 1. The molecular weight excluding hydrogens is 216 g/mol. The largest absolute Gasteiger partial charge is 0.465 e. The van der Waals surface area contributed by atoms with Crippen LogP contribution in [0, 0.1) is 5.92 Å². The van der Waals surface area contributed by atoms with Crippen LogP contribution in [0.4, 0.5) is 11.4 Å². The van der Waals surface area contributed by atoms with Crippen molar-refractivity contribution in [3.05, 3.63) is 23.8 Å². The fourth-order valence-electron chi connectivity index (χ4n) is 1.93. The van der Waals surface area contributed by atoms with Gasteiger partial charge in [-0.05, 0) is 43.9 Å². The van der Waals surface area contributed by atoms with Gasteiger partial charge in [0.05, 0.1) is 12.7 Å². The second kappa shape index (κ2) is 4.65. The first-order valence-electron chi connectivity index (χ1n) is 5.86. The van der Waals surface area contributed by atoms with Crippen LogP contribution in [0.25, 0.3) is 0 Å². The van der Waals surface area contributed by atoms with E-state index in [9.17, 15) is 4.79 Å². The summed E-state index contributed by atoms with van der Waals surface area (Å²) in [6, 6.07) is 5.64. The van der Waals surface area contributed by atoms with E-state index < -0.39 is 0 Å². The predicted molar refractivity (Wildman–Crippen MR) is 68.0 cm³/mol. The Labute approximate surface area is 101 Å². The number of nitrogen functional groups attached to an aromatic ring is 1. The number of hydrogen-bond acceptors (Lipinski definition) is 4. The van der Waals surface area contributed by atoms with Gasteiger partial charge in [-0.2, -0.15) is 0 Å². The summed E-state index contributed by atoms with van der Waals surface area (Å²) in [5, 5.41) is 3.36. The molecule has 3 N–H and O–H groups in total. The van der Waals surface area contributed by atoms with Crippen molar-refractivity contribution < 1.29 is 9.53 Å². The van der Waals surface area contributed by atoms with E-state index in [1.807, 2.05) is 6.07 Å². The quantitative estimate of drug-likeness (QED) is 0.619. The molecule has 1 atom stereocenters. The van der Waals surface area contributed by atoms with Gasteiger partial charge in [0.1, 0.15) is 0 Å². The summed E-state index contributed by atoms with van der Waals surface area (Å²) in [5.41, 5.74) is 7.55. The van der Waals surface area contributed by atoms with Crippen LogP contribution < -0.4 is 11.1 Å². The highest BCUT2D eigenvalue weighted by atomic mass is 16.5. The van der Waals surface area contributed by atoms with Crippen LogP contribution in [-0.4, -0.2) is 19.1 Å². The van der Waals surface area contributed by atoms with E-state index in [0.717, 1.165) is 11.6 Å². The molecule has 1 aliphatic carbocycles. The maximum absolute atomic E-state index is 11.6. The van der Waals surface area contributed by atoms with E-state index >= 15 is 0 Å². The van der Waals surface area contributed by atoms with Crippen molar-refractivity contribution in [2.75, 3.05) is 18.2 Å². The number of nitrogens with one attached hydrogen (secondary N) is 1. The highest BCUT2D eigenvalue weighted by molar-refractivity contribution is 5.96. The molecule has 0 aromatic heterocycles. The van der Waals surface area contributed by atoms with Crippen LogP contribution in [0.1, 0.15) is 30.1 Å². The lowest BCUT2D eigenvalue weighted by Gasteiger charge is -2.17. The Morgan fingerprint density at radius 1 is 1.53 bits per heavy atom. The number of hydrogen-bond donors (Lipinski definition) is 2. The van der Waals surface area contributed by atoms with E-state index in [4.69, 9.17) is 10.5 Å². The Hall–Kier alpha value is -1.71. The third kappa shape index (κ3) is 2.70. The lowest BCUT2D eigenvalue weighted by atomic mass is 10.1. The first-order chi connectivity index (χ1) is 8.11. The van der Waals surface area contributed by atoms with Gasteiger partial charge in [-0.3, -0.25) is 0 Å². The average Bonchev–Trinajstić information content (AvgIpc) is 3.14. The second-order valence-electron chi connectivity index (χ2n) is 4.57. The standard InChI is InChI=1S/C13H18N2O2/c1-8(9-3-4-9)15-12-6-5-10(14)7-11(12)13(16)17-2/h5-9,15H,3-4,14H2,1-2H3.